The van der Waals surface area contributed by atoms with Crippen molar-refractivity contribution in [1.82, 2.24) is 4.98 Å². The number of aryl methyl sites for hydroxylation is 1. The quantitative estimate of drug-likeness (QED) is 0.878. The number of ether oxygens (including phenoxy) is 1. The minimum Gasteiger partial charge on any atom is -0.435 e. The number of nitrogens with zero attached hydrogens (tertiary/aromatic N) is 1. The van der Waals surface area contributed by atoms with Crippen LogP contribution in [0.15, 0.2) is 30.5 Å². The molecule has 0 spiro atoms. The van der Waals surface area contributed by atoms with Crippen molar-refractivity contribution in [2.24, 2.45) is 5.73 Å². The van der Waals surface area contributed by atoms with E-state index < -0.39 is 11.6 Å². The molecule has 98 valence electrons. The first kappa shape index (κ1) is 13.4. The van der Waals surface area contributed by atoms with Crippen LogP contribution in [0, 0.1) is 18.6 Å². The molecular weight excluding hydrogens is 270 g/mol. The summed E-state index contributed by atoms with van der Waals surface area (Å²) in [7, 11) is 0. The summed E-state index contributed by atoms with van der Waals surface area (Å²) < 4.78 is 31.9. The summed E-state index contributed by atoms with van der Waals surface area (Å²) in [4.78, 5) is 4.03. The second-order valence-electron chi connectivity index (χ2n) is 3.83. The zero-order chi connectivity index (χ0) is 14.0. The lowest BCUT2D eigenvalue weighted by molar-refractivity contribution is 0.404. The van der Waals surface area contributed by atoms with Gasteiger partial charge >= 0.3 is 0 Å². The minimum absolute atomic E-state index is 0.0528. The van der Waals surface area contributed by atoms with Crippen LogP contribution < -0.4 is 10.5 Å². The van der Waals surface area contributed by atoms with E-state index >= 15 is 0 Å². The number of halogens is 2. The van der Waals surface area contributed by atoms with E-state index in [0.717, 1.165) is 11.6 Å². The third kappa shape index (κ3) is 2.68. The Hall–Kier alpha value is -2.08. The summed E-state index contributed by atoms with van der Waals surface area (Å²) in [6, 6.07) is 5.33. The lowest BCUT2D eigenvalue weighted by Gasteiger charge is -2.11. The van der Waals surface area contributed by atoms with Crippen molar-refractivity contribution < 1.29 is 13.5 Å². The summed E-state index contributed by atoms with van der Waals surface area (Å²) >= 11 is 4.90. The summed E-state index contributed by atoms with van der Waals surface area (Å²) in [5, 5.41) is 0. The summed E-state index contributed by atoms with van der Waals surface area (Å²) in [5.41, 5.74) is 6.73. The molecule has 0 fully saturated rings. The molecule has 1 aromatic carbocycles. The smallest absolute Gasteiger partial charge is 0.229 e. The van der Waals surface area contributed by atoms with Crippen LogP contribution in [-0.4, -0.2) is 9.97 Å². The highest BCUT2D eigenvalue weighted by molar-refractivity contribution is 7.80. The Morgan fingerprint density at radius 1 is 1.32 bits per heavy atom. The van der Waals surface area contributed by atoms with Gasteiger partial charge in [0.05, 0.1) is 5.56 Å². The van der Waals surface area contributed by atoms with E-state index in [1.165, 1.54) is 18.3 Å². The van der Waals surface area contributed by atoms with Gasteiger partial charge < -0.3 is 10.5 Å². The SMILES string of the molecule is Cc1ccnc(Oc2cccc(F)c2F)c1C(N)=S. The maximum absolute atomic E-state index is 13.5. The highest BCUT2D eigenvalue weighted by Gasteiger charge is 2.15. The van der Waals surface area contributed by atoms with Gasteiger partial charge in [-0.3, -0.25) is 0 Å². The summed E-state index contributed by atoms with van der Waals surface area (Å²) in [6.07, 6.45) is 1.48. The number of hydrogen-bond donors (Lipinski definition) is 1. The molecule has 3 nitrogen and oxygen atoms in total. The molecule has 6 heteroatoms. The highest BCUT2D eigenvalue weighted by atomic mass is 32.1. The molecule has 19 heavy (non-hydrogen) atoms. The highest BCUT2D eigenvalue weighted by Crippen LogP contribution is 2.28. The minimum atomic E-state index is -1.08. The zero-order valence-corrected chi connectivity index (χ0v) is 10.8. The van der Waals surface area contributed by atoms with E-state index in [1.54, 1.807) is 13.0 Å². The average Bonchev–Trinajstić information content (AvgIpc) is 2.34. The Labute approximate surface area is 114 Å². The van der Waals surface area contributed by atoms with Crippen molar-refractivity contribution in [1.29, 1.82) is 0 Å². The number of rotatable bonds is 3. The molecular formula is C13H10F2N2OS. The van der Waals surface area contributed by atoms with E-state index in [0.29, 0.717) is 5.56 Å². The zero-order valence-electron chi connectivity index (χ0n) is 9.98. The van der Waals surface area contributed by atoms with Crippen LogP contribution in [0.3, 0.4) is 0 Å². The molecule has 0 aliphatic carbocycles. The average molecular weight is 280 g/mol. The third-order valence-electron chi connectivity index (χ3n) is 2.49. The second kappa shape index (κ2) is 5.27. The van der Waals surface area contributed by atoms with E-state index in [1.807, 2.05) is 0 Å². The van der Waals surface area contributed by atoms with Crippen molar-refractivity contribution in [3.8, 4) is 11.6 Å². The number of nitrogens with two attached hydrogens (primary N) is 1. The first-order valence-electron chi connectivity index (χ1n) is 5.38. The van der Waals surface area contributed by atoms with Crippen molar-refractivity contribution >= 4 is 17.2 Å². The Kier molecular flexibility index (Phi) is 3.71. The maximum atomic E-state index is 13.5. The topological polar surface area (TPSA) is 48.1 Å². The van der Waals surface area contributed by atoms with E-state index in [-0.39, 0.29) is 16.6 Å². The third-order valence-corrected chi connectivity index (χ3v) is 2.70. The van der Waals surface area contributed by atoms with Crippen molar-refractivity contribution in [3.05, 3.63) is 53.2 Å². The van der Waals surface area contributed by atoms with E-state index in [2.05, 4.69) is 4.98 Å². The predicted octanol–water partition coefficient (Wildman–Crippen LogP) is 3.09. The van der Waals surface area contributed by atoms with Gasteiger partial charge in [-0.2, -0.15) is 4.39 Å². The van der Waals surface area contributed by atoms with Gasteiger partial charge in [-0.1, -0.05) is 18.3 Å². The van der Waals surface area contributed by atoms with Gasteiger partial charge in [0.25, 0.3) is 0 Å². The molecule has 0 aliphatic rings. The van der Waals surface area contributed by atoms with Crippen molar-refractivity contribution in [2.45, 2.75) is 6.92 Å². The second-order valence-corrected chi connectivity index (χ2v) is 4.27. The monoisotopic (exact) mass is 280 g/mol. The Morgan fingerprint density at radius 2 is 2.05 bits per heavy atom. The first-order chi connectivity index (χ1) is 9.00. The van der Waals surface area contributed by atoms with Gasteiger partial charge in [0.1, 0.15) is 4.99 Å². The lowest BCUT2D eigenvalue weighted by atomic mass is 10.1. The standard InChI is InChI=1S/C13H10F2N2OS/c1-7-5-6-17-13(10(7)12(16)19)18-9-4-2-3-8(14)11(9)15/h2-6H,1H3,(H2,16,19). The molecule has 0 saturated heterocycles. The Morgan fingerprint density at radius 3 is 2.74 bits per heavy atom. The Balaban J connectivity index is 2.47. The number of pyridine rings is 1. The fourth-order valence-electron chi connectivity index (χ4n) is 1.58. The molecule has 0 amide bonds. The molecule has 2 rings (SSSR count). The van der Waals surface area contributed by atoms with Crippen LogP contribution >= 0.6 is 12.2 Å². The molecule has 0 unspecified atom stereocenters. The lowest BCUT2D eigenvalue weighted by Crippen LogP contribution is -2.13. The fourth-order valence-corrected chi connectivity index (χ4v) is 1.83. The van der Waals surface area contributed by atoms with Crippen LogP contribution in [0.5, 0.6) is 11.6 Å². The van der Waals surface area contributed by atoms with Crippen molar-refractivity contribution in [3.63, 3.8) is 0 Å². The fraction of sp³-hybridized carbons (Fsp3) is 0.0769. The summed E-state index contributed by atoms with van der Waals surface area (Å²) in [5.74, 6) is -2.30. The van der Waals surface area contributed by atoms with Crippen LogP contribution in [0.25, 0.3) is 0 Å². The first-order valence-corrected chi connectivity index (χ1v) is 5.79. The molecule has 1 heterocycles. The number of benzene rings is 1. The number of aromatic nitrogens is 1. The van der Waals surface area contributed by atoms with Crippen LogP contribution in [0.2, 0.25) is 0 Å². The van der Waals surface area contributed by atoms with Gasteiger partial charge in [0, 0.05) is 6.20 Å². The molecule has 0 saturated carbocycles. The summed E-state index contributed by atoms with van der Waals surface area (Å²) in [6.45, 7) is 1.77. The largest absolute Gasteiger partial charge is 0.435 e. The maximum Gasteiger partial charge on any atom is 0.229 e. The van der Waals surface area contributed by atoms with Crippen LogP contribution in [0.1, 0.15) is 11.1 Å². The molecule has 0 aliphatic heterocycles. The molecule has 0 radical (unpaired) electrons. The molecule has 2 aromatic rings. The van der Waals surface area contributed by atoms with Crippen LogP contribution in [0.4, 0.5) is 8.78 Å². The van der Waals surface area contributed by atoms with E-state index in [9.17, 15) is 8.78 Å². The number of hydrogen-bond acceptors (Lipinski definition) is 3. The molecule has 0 bridgehead atoms. The van der Waals surface area contributed by atoms with Gasteiger partial charge in [0.15, 0.2) is 11.6 Å². The van der Waals surface area contributed by atoms with Gasteiger partial charge in [0.2, 0.25) is 11.7 Å². The van der Waals surface area contributed by atoms with Gasteiger partial charge in [-0.05, 0) is 30.7 Å². The predicted molar refractivity (Wildman–Crippen MR) is 71.3 cm³/mol. The molecule has 0 atom stereocenters. The number of thiocarbonyl (C=S) groups is 1. The normalized spacial score (nSPS) is 10.3. The van der Waals surface area contributed by atoms with Crippen molar-refractivity contribution in [2.75, 3.05) is 0 Å². The van der Waals surface area contributed by atoms with Crippen LogP contribution in [-0.2, 0) is 0 Å². The molecule has 2 N–H and O–H groups in total. The van der Waals surface area contributed by atoms with E-state index in [4.69, 9.17) is 22.7 Å². The Bertz CT molecular complexity index is 647. The van der Waals surface area contributed by atoms with Gasteiger partial charge in [-0.15, -0.1) is 0 Å². The van der Waals surface area contributed by atoms with Gasteiger partial charge in [-0.25, -0.2) is 9.37 Å². The molecule has 1 aromatic heterocycles.